The average Bonchev–Trinajstić information content (AvgIpc) is 3.61. The number of fused-ring (bicyclic) bond motifs is 1. The van der Waals surface area contributed by atoms with Crippen molar-refractivity contribution in [1.82, 2.24) is 29.4 Å². The number of aromatic nitrogens is 5. The van der Waals surface area contributed by atoms with Crippen LogP contribution in [-0.4, -0.2) is 53.2 Å². The number of hydrogen-bond acceptors (Lipinski definition) is 8. The van der Waals surface area contributed by atoms with E-state index in [0.717, 1.165) is 22.4 Å². The summed E-state index contributed by atoms with van der Waals surface area (Å²) >= 11 is 0. The van der Waals surface area contributed by atoms with Crippen LogP contribution in [0.25, 0.3) is 33.4 Å². The molecule has 0 unspecified atom stereocenters. The molecule has 13 heteroatoms. The number of aryl methyl sites for hydroxylation is 1. The van der Waals surface area contributed by atoms with Crippen molar-refractivity contribution in [3.63, 3.8) is 0 Å². The number of rotatable bonds is 7. The van der Waals surface area contributed by atoms with Gasteiger partial charge in [0.1, 0.15) is 17.6 Å². The van der Waals surface area contributed by atoms with Gasteiger partial charge in [0.25, 0.3) is 5.56 Å². The number of piperidine rings is 1. The minimum absolute atomic E-state index is 0. The van der Waals surface area contributed by atoms with E-state index >= 15 is 0 Å². The first-order valence-corrected chi connectivity index (χ1v) is 13.2. The fourth-order valence-corrected chi connectivity index (χ4v) is 5.38. The summed E-state index contributed by atoms with van der Waals surface area (Å²) in [6.45, 7) is 2.13. The third-order valence-electron chi connectivity index (χ3n) is 7.74. The van der Waals surface area contributed by atoms with Gasteiger partial charge in [0.2, 0.25) is 0 Å². The second kappa shape index (κ2) is 12.7. The van der Waals surface area contributed by atoms with Crippen molar-refractivity contribution >= 4 is 35.8 Å². The van der Waals surface area contributed by atoms with Crippen LogP contribution in [0.15, 0.2) is 70.6 Å². The summed E-state index contributed by atoms with van der Waals surface area (Å²) in [5.41, 5.74) is 9.77. The normalized spacial score (nSPS) is 14.9. The van der Waals surface area contributed by atoms with Crippen molar-refractivity contribution in [2.24, 2.45) is 12.8 Å². The van der Waals surface area contributed by atoms with Gasteiger partial charge in [-0.25, -0.2) is 9.37 Å². The molecule has 2 aromatic carbocycles. The maximum Gasteiger partial charge on any atom is 0.281 e. The zero-order valence-electron chi connectivity index (χ0n) is 22.9. The molecule has 4 heterocycles. The number of halogens is 3. The topological polar surface area (TPSA) is 128 Å². The summed E-state index contributed by atoms with van der Waals surface area (Å²) in [4.78, 5) is 20.0. The molecule has 1 fully saturated rings. The van der Waals surface area contributed by atoms with Crippen molar-refractivity contribution in [1.29, 1.82) is 0 Å². The Balaban J connectivity index is 0.00000202. The molecular formula is C29H32Cl2FN7O3. The fourth-order valence-electron chi connectivity index (χ4n) is 5.38. The van der Waals surface area contributed by atoms with Gasteiger partial charge < -0.3 is 15.4 Å². The molecular weight excluding hydrogens is 584 g/mol. The van der Waals surface area contributed by atoms with E-state index in [4.69, 9.17) is 10.3 Å². The molecule has 5 aromatic rings. The predicted molar refractivity (Wildman–Crippen MR) is 162 cm³/mol. The van der Waals surface area contributed by atoms with Crippen LogP contribution in [0.1, 0.15) is 24.0 Å². The van der Waals surface area contributed by atoms with Crippen LogP contribution in [-0.2, 0) is 26.7 Å². The van der Waals surface area contributed by atoms with Crippen LogP contribution in [0.2, 0.25) is 0 Å². The van der Waals surface area contributed by atoms with Crippen molar-refractivity contribution in [2.75, 3.05) is 13.1 Å². The number of nitrogens with two attached hydrogens (primary N) is 1. The molecule has 0 amide bonds. The lowest BCUT2D eigenvalue weighted by atomic mass is 9.91. The lowest BCUT2D eigenvalue weighted by Crippen LogP contribution is -2.47. The molecule has 3 N–H and O–H groups in total. The van der Waals surface area contributed by atoms with Gasteiger partial charge in [-0.05, 0) is 30.0 Å². The Kier molecular flexibility index (Phi) is 9.49. The number of nitrogens with zero attached hydrogens (tertiary/aromatic N) is 6. The lowest BCUT2D eigenvalue weighted by molar-refractivity contribution is -0.0366. The predicted octanol–water partition coefficient (Wildman–Crippen LogP) is 3.92. The second-order valence-corrected chi connectivity index (χ2v) is 10.5. The third kappa shape index (κ3) is 6.11. The van der Waals surface area contributed by atoms with Crippen LogP contribution in [0.3, 0.4) is 0 Å². The number of hydrogen-bond donors (Lipinski definition) is 2. The Labute approximate surface area is 253 Å². The molecule has 10 nitrogen and oxygen atoms in total. The minimum atomic E-state index is -1.08. The standard InChI is InChI=1S/C29H30FN7O3.2ClH/c1-35-27(20-4-2-19(13-31)3-5-20)25-26(34-35)28(38)37(18-32-25)17-29(39)8-10-36(11-9-29)15-22-7-6-21(12-24(22)30)23-14-33-40-16-23;;/h2-7,12,14,16,18,39H,8-11,13,15,17,31H2,1H3;2*1H. The first kappa shape index (κ1) is 31.3. The zero-order chi connectivity index (χ0) is 27.9. The van der Waals surface area contributed by atoms with E-state index < -0.39 is 5.60 Å². The van der Waals surface area contributed by atoms with E-state index in [2.05, 4.69) is 20.1 Å². The van der Waals surface area contributed by atoms with Gasteiger partial charge in [-0.1, -0.05) is 41.6 Å². The molecule has 1 aliphatic heterocycles. The van der Waals surface area contributed by atoms with Crippen LogP contribution in [0, 0.1) is 5.82 Å². The third-order valence-corrected chi connectivity index (χ3v) is 7.74. The van der Waals surface area contributed by atoms with E-state index in [9.17, 15) is 14.3 Å². The van der Waals surface area contributed by atoms with E-state index in [0.29, 0.717) is 55.7 Å². The van der Waals surface area contributed by atoms with Crippen LogP contribution in [0.4, 0.5) is 4.39 Å². The lowest BCUT2D eigenvalue weighted by Gasteiger charge is -2.38. The molecule has 1 aliphatic rings. The molecule has 0 atom stereocenters. The quantitative estimate of drug-likeness (QED) is 0.282. The van der Waals surface area contributed by atoms with Crippen molar-refractivity contribution in [3.05, 3.63) is 88.5 Å². The Morgan fingerprint density at radius 3 is 2.40 bits per heavy atom. The van der Waals surface area contributed by atoms with E-state index in [-0.39, 0.29) is 48.3 Å². The van der Waals surface area contributed by atoms with E-state index in [1.165, 1.54) is 23.2 Å². The Morgan fingerprint density at radius 2 is 1.76 bits per heavy atom. The molecule has 0 saturated carbocycles. The number of likely N-dealkylation sites (tertiary alicyclic amines) is 1. The summed E-state index contributed by atoms with van der Waals surface area (Å²) in [7, 11) is 1.78. The Morgan fingerprint density at radius 1 is 1.05 bits per heavy atom. The Hall–Kier alpha value is -3.61. The SMILES string of the molecule is Cl.Cl.Cn1nc2c(=O)n(CC3(O)CCN(Cc4ccc(-c5cnoc5)cc4F)CC3)cnc2c1-c1ccc(CN)cc1. The van der Waals surface area contributed by atoms with Crippen molar-refractivity contribution in [3.8, 4) is 22.4 Å². The number of benzene rings is 2. The highest BCUT2D eigenvalue weighted by Gasteiger charge is 2.33. The van der Waals surface area contributed by atoms with Gasteiger partial charge in [0.05, 0.1) is 30.4 Å². The average molecular weight is 617 g/mol. The molecule has 0 radical (unpaired) electrons. The highest BCUT2D eigenvalue weighted by atomic mass is 35.5. The molecule has 0 bridgehead atoms. The van der Waals surface area contributed by atoms with Crippen LogP contribution >= 0.6 is 24.8 Å². The van der Waals surface area contributed by atoms with Crippen molar-refractivity contribution < 1.29 is 14.0 Å². The molecule has 42 heavy (non-hydrogen) atoms. The van der Waals surface area contributed by atoms with Gasteiger partial charge in [-0.3, -0.25) is 18.9 Å². The van der Waals surface area contributed by atoms with Gasteiger partial charge in [0.15, 0.2) is 5.52 Å². The summed E-state index contributed by atoms with van der Waals surface area (Å²) in [5, 5.41) is 19.5. The number of aliphatic hydroxyl groups is 1. The fraction of sp³-hybridized carbons (Fsp3) is 0.310. The molecule has 3 aromatic heterocycles. The summed E-state index contributed by atoms with van der Waals surface area (Å²) in [5.74, 6) is -0.296. The van der Waals surface area contributed by atoms with E-state index in [1.807, 2.05) is 30.3 Å². The summed E-state index contributed by atoms with van der Waals surface area (Å²) < 4.78 is 22.7. The van der Waals surface area contributed by atoms with Gasteiger partial charge in [-0.2, -0.15) is 5.10 Å². The maximum absolute atomic E-state index is 14.8. The maximum atomic E-state index is 14.8. The van der Waals surface area contributed by atoms with Crippen LogP contribution in [0.5, 0.6) is 0 Å². The highest BCUT2D eigenvalue weighted by Crippen LogP contribution is 2.28. The first-order valence-electron chi connectivity index (χ1n) is 13.2. The molecule has 6 rings (SSSR count). The van der Waals surface area contributed by atoms with E-state index in [1.54, 1.807) is 24.0 Å². The second-order valence-electron chi connectivity index (χ2n) is 10.5. The van der Waals surface area contributed by atoms with Crippen molar-refractivity contribution in [2.45, 2.75) is 38.1 Å². The molecule has 222 valence electrons. The van der Waals surface area contributed by atoms with Gasteiger partial charge in [-0.15, -0.1) is 24.8 Å². The monoisotopic (exact) mass is 615 g/mol. The van der Waals surface area contributed by atoms with Gasteiger partial charge >= 0.3 is 0 Å². The molecule has 0 spiro atoms. The zero-order valence-corrected chi connectivity index (χ0v) is 24.6. The molecule has 1 saturated heterocycles. The smallest absolute Gasteiger partial charge is 0.281 e. The van der Waals surface area contributed by atoms with Gasteiger partial charge in [0, 0.05) is 49.9 Å². The minimum Gasteiger partial charge on any atom is -0.388 e. The Bertz CT molecular complexity index is 1710. The largest absolute Gasteiger partial charge is 0.388 e. The highest BCUT2D eigenvalue weighted by molar-refractivity contribution is 5.89. The summed E-state index contributed by atoms with van der Waals surface area (Å²) in [6, 6.07) is 12.9. The van der Waals surface area contributed by atoms with Crippen LogP contribution < -0.4 is 11.3 Å². The summed E-state index contributed by atoms with van der Waals surface area (Å²) in [6.07, 6.45) is 5.40. The first-order chi connectivity index (χ1) is 19.3. The molecule has 0 aliphatic carbocycles.